The van der Waals surface area contributed by atoms with Crippen molar-refractivity contribution in [1.29, 1.82) is 0 Å². The second-order valence-electron chi connectivity index (χ2n) is 6.02. The lowest BCUT2D eigenvalue weighted by atomic mass is 10.2. The number of allylic oxidation sites excluding steroid dienone is 1. The molecule has 28 heavy (non-hydrogen) atoms. The smallest absolute Gasteiger partial charge is 0.279 e. The zero-order valence-electron chi connectivity index (χ0n) is 15.8. The van der Waals surface area contributed by atoms with E-state index in [1.165, 1.54) is 18.3 Å². The molecule has 0 saturated heterocycles. The predicted octanol–water partition coefficient (Wildman–Crippen LogP) is 3.99. The van der Waals surface area contributed by atoms with Gasteiger partial charge in [0.25, 0.3) is 5.91 Å². The predicted molar refractivity (Wildman–Crippen MR) is 112 cm³/mol. The molecule has 144 valence electrons. The van der Waals surface area contributed by atoms with Crippen LogP contribution in [0.1, 0.15) is 24.2 Å². The number of hydrogen-bond acceptors (Lipinski definition) is 4. The summed E-state index contributed by atoms with van der Waals surface area (Å²) in [6.45, 7) is 8.26. The molecule has 1 aromatic heterocycles. The van der Waals surface area contributed by atoms with Gasteiger partial charge in [-0.1, -0.05) is 17.4 Å². The van der Waals surface area contributed by atoms with Gasteiger partial charge in [-0.25, -0.2) is 0 Å². The Morgan fingerprint density at radius 2 is 2.00 bits per heavy atom. The van der Waals surface area contributed by atoms with Crippen LogP contribution in [0.15, 0.2) is 60.1 Å². The summed E-state index contributed by atoms with van der Waals surface area (Å²) in [6, 6.07) is 12.5. The lowest BCUT2D eigenvalue weighted by Crippen LogP contribution is -2.16. The van der Waals surface area contributed by atoms with Gasteiger partial charge in [0.15, 0.2) is 4.80 Å². The molecule has 0 atom stereocenters. The summed E-state index contributed by atoms with van der Waals surface area (Å²) in [4.78, 5) is 28.8. The Balaban J connectivity index is 2.01. The Morgan fingerprint density at radius 3 is 2.64 bits per heavy atom. The van der Waals surface area contributed by atoms with Gasteiger partial charge < -0.3 is 14.6 Å². The first kappa shape index (κ1) is 19.6. The summed E-state index contributed by atoms with van der Waals surface area (Å²) in [5.41, 5.74) is 2.12. The van der Waals surface area contributed by atoms with Crippen molar-refractivity contribution >= 4 is 39.1 Å². The molecule has 0 aliphatic carbocycles. The lowest BCUT2D eigenvalue weighted by Gasteiger charge is -2.04. The average molecular weight is 395 g/mol. The zero-order chi connectivity index (χ0) is 20.1. The molecule has 1 N–H and O–H groups in total. The topological polar surface area (TPSA) is 72.7 Å². The van der Waals surface area contributed by atoms with Crippen molar-refractivity contribution in [3.8, 4) is 5.75 Å². The van der Waals surface area contributed by atoms with Crippen LogP contribution in [-0.2, 0) is 11.3 Å². The van der Waals surface area contributed by atoms with Crippen molar-refractivity contribution in [1.82, 2.24) is 4.57 Å². The Hall–Kier alpha value is -3.19. The minimum atomic E-state index is -0.325. The van der Waals surface area contributed by atoms with Crippen LogP contribution in [0.4, 0.5) is 5.69 Å². The summed E-state index contributed by atoms with van der Waals surface area (Å²) in [7, 11) is 0. The number of carbonyl (C=O) groups excluding carboxylic acids is 2. The molecule has 0 fully saturated rings. The first-order valence-corrected chi connectivity index (χ1v) is 9.67. The molecule has 0 unspecified atom stereocenters. The van der Waals surface area contributed by atoms with E-state index in [2.05, 4.69) is 16.9 Å². The summed E-state index contributed by atoms with van der Waals surface area (Å²) in [5, 5.41) is 2.77. The van der Waals surface area contributed by atoms with E-state index >= 15 is 0 Å². The van der Waals surface area contributed by atoms with Crippen molar-refractivity contribution in [2.45, 2.75) is 20.4 Å². The molecule has 0 aliphatic heterocycles. The molecule has 0 aliphatic rings. The first-order chi connectivity index (χ1) is 13.5. The van der Waals surface area contributed by atoms with E-state index in [1.807, 2.05) is 29.7 Å². The normalized spacial score (nSPS) is 11.4. The lowest BCUT2D eigenvalue weighted by molar-refractivity contribution is -0.114. The van der Waals surface area contributed by atoms with Crippen LogP contribution in [-0.4, -0.2) is 23.0 Å². The van der Waals surface area contributed by atoms with Crippen molar-refractivity contribution in [3.63, 3.8) is 0 Å². The van der Waals surface area contributed by atoms with Gasteiger partial charge in [0, 0.05) is 24.7 Å². The van der Waals surface area contributed by atoms with Crippen LogP contribution in [0.2, 0.25) is 0 Å². The Kier molecular flexibility index (Phi) is 6.06. The number of fused-ring (bicyclic) bond motifs is 1. The number of hydrogen-bond donors (Lipinski definition) is 1. The van der Waals surface area contributed by atoms with Gasteiger partial charge in [0.2, 0.25) is 5.91 Å². The third-order valence-corrected chi connectivity index (χ3v) is 4.97. The number of aromatic nitrogens is 1. The molecular formula is C21H21N3O3S. The van der Waals surface area contributed by atoms with E-state index in [1.54, 1.807) is 30.3 Å². The maximum atomic E-state index is 12.6. The van der Waals surface area contributed by atoms with Gasteiger partial charge in [-0.15, -0.1) is 6.58 Å². The van der Waals surface area contributed by atoms with Crippen LogP contribution in [0.25, 0.3) is 10.2 Å². The number of rotatable bonds is 6. The van der Waals surface area contributed by atoms with Gasteiger partial charge >= 0.3 is 0 Å². The highest BCUT2D eigenvalue weighted by Gasteiger charge is 2.10. The summed E-state index contributed by atoms with van der Waals surface area (Å²) in [5.74, 6) is 0.257. The number of nitrogens with zero attached hydrogens (tertiary/aromatic N) is 2. The van der Waals surface area contributed by atoms with Gasteiger partial charge in [-0.2, -0.15) is 4.99 Å². The number of anilines is 1. The fourth-order valence-electron chi connectivity index (χ4n) is 2.76. The molecule has 6 nitrogen and oxygen atoms in total. The molecule has 3 aromatic rings. The van der Waals surface area contributed by atoms with Crippen LogP contribution < -0.4 is 14.9 Å². The average Bonchev–Trinajstić information content (AvgIpc) is 2.99. The number of carbonyl (C=O) groups is 2. The van der Waals surface area contributed by atoms with Gasteiger partial charge in [0.05, 0.1) is 16.8 Å². The van der Waals surface area contributed by atoms with E-state index in [0.717, 1.165) is 10.2 Å². The van der Waals surface area contributed by atoms with Crippen molar-refractivity contribution in [2.75, 3.05) is 11.9 Å². The maximum Gasteiger partial charge on any atom is 0.279 e. The molecule has 3 rings (SSSR count). The molecule has 2 aromatic carbocycles. The Morgan fingerprint density at radius 1 is 1.25 bits per heavy atom. The Bertz CT molecular complexity index is 1090. The van der Waals surface area contributed by atoms with Gasteiger partial charge in [-0.3, -0.25) is 9.59 Å². The molecule has 0 radical (unpaired) electrons. The second kappa shape index (κ2) is 8.67. The molecule has 0 saturated carbocycles. The fraction of sp³-hybridized carbons (Fsp3) is 0.190. The molecule has 0 spiro atoms. The van der Waals surface area contributed by atoms with Crippen LogP contribution in [0.3, 0.4) is 0 Å². The SMILES string of the molecule is C=CCn1c(=NC(=O)c2ccc(OCC)cc2)sc2cc(NC(C)=O)ccc21. The number of amides is 2. The second-order valence-corrected chi connectivity index (χ2v) is 7.03. The number of benzene rings is 2. The summed E-state index contributed by atoms with van der Waals surface area (Å²) in [6.07, 6.45) is 1.76. The minimum Gasteiger partial charge on any atom is -0.494 e. The Labute approximate surface area is 166 Å². The highest BCUT2D eigenvalue weighted by atomic mass is 32.1. The first-order valence-electron chi connectivity index (χ1n) is 8.85. The highest BCUT2D eigenvalue weighted by molar-refractivity contribution is 7.16. The highest BCUT2D eigenvalue weighted by Crippen LogP contribution is 2.22. The largest absolute Gasteiger partial charge is 0.494 e. The van der Waals surface area contributed by atoms with Crippen molar-refractivity contribution in [3.05, 3.63) is 65.5 Å². The zero-order valence-corrected chi connectivity index (χ0v) is 16.6. The fourth-order valence-corrected chi connectivity index (χ4v) is 3.83. The number of thiazole rings is 1. The van der Waals surface area contributed by atoms with E-state index in [4.69, 9.17) is 4.74 Å². The van der Waals surface area contributed by atoms with E-state index in [9.17, 15) is 9.59 Å². The standard InChI is InChI=1S/C21H21N3O3S/c1-4-12-24-18-11-8-16(22-14(3)25)13-19(18)28-21(24)23-20(26)15-6-9-17(10-7-15)27-5-2/h4,6-11,13H,1,5,12H2,2-3H3,(H,22,25). The quantitative estimate of drug-likeness (QED) is 0.642. The van der Waals surface area contributed by atoms with Crippen molar-refractivity contribution in [2.24, 2.45) is 4.99 Å². The molecule has 1 heterocycles. The van der Waals surface area contributed by atoms with Crippen LogP contribution in [0.5, 0.6) is 5.75 Å². The third kappa shape index (κ3) is 4.37. The van der Waals surface area contributed by atoms with E-state index < -0.39 is 0 Å². The third-order valence-electron chi connectivity index (χ3n) is 3.92. The van der Waals surface area contributed by atoms with Crippen LogP contribution >= 0.6 is 11.3 Å². The molecular weight excluding hydrogens is 374 g/mol. The molecule has 7 heteroatoms. The molecule has 0 bridgehead atoms. The van der Waals surface area contributed by atoms with E-state index in [-0.39, 0.29) is 11.8 Å². The van der Waals surface area contributed by atoms with E-state index in [0.29, 0.717) is 35.0 Å². The van der Waals surface area contributed by atoms with Gasteiger partial charge in [0.1, 0.15) is 5.75 Å². The number of nitrogens with one attached hydrogen (secondary N) is 1. The van der Waals surface area contributed by atoms with Crippen molar-refractivity contribution < 1.29 is 14.3 Å². The summed E-state index contributed by atoms with van der Waals surface area (Å²) >= 11 is 1.39. The number of ether oxygens (including phenoxy) is 1. The summed E-state index contributed by atoms with van der Waals surface area (Å²) < 4.78 is 8.25. The maximum absolute atomic E-state index is 12.6. The minimum absolute atomic E-state index is 0.134. The monoisotopic (exact) mass is 395 g/mol. The van der Waals surface area contributed by atoms with Crippen LogP contribution in [0, 0.1) is 0 Å². The molecule has 2 amide bonds. The van der Waals surface area contributed by atoms with Gasteiger partial charge in [-0.05, 0) is 49.4 Å².